The molecule has 8 aromatic rings. The van der Waals surface area contributed by atoms with Crippen LogP contribution in [0.4, 0.5) is 11.6 Å². The number of nitrogens with zero attached hydrogens (tertiary/aromatic N) is 8. The van der Waals surface area contributed by atoms with Gasteiger partial charge in [0.1, 0.15) is 11.6 Å². The average molecular weight is 980 g/mol. The van der Waals surface area contributed by atoms with Crippen molar-refractivity contribution in [3.05, 3.63) is 172 Å². The van der Waals surface area contributed by atoms with E-state index < -0.39 is 7.12 Å². The third kappa shape index (κ3) is 11.7. The van der Waals surface area contributed by atoms with E-state index in [1.165, 1.54) is 31.3 Å². The van der Waals surface area contributed by atoms with Gasteiger partial charge in [0.25, 0.3) is 23.6 Å². The number of anilines is 2. The van der Waals surface area contributed by atoms with E-state index in [0.29, 0.717) is 39.4 Å². The van der Waals surface area contributed by atoms with Crippen molar-refractivity contribution in [3.63, 3.8) is 0 Å². The monoisotopic (exact) mass is 978 g/mol. The molecule has 0 aliphatic heterocycles. The van der Waals surface area contributed by atoms with Crippen LogP contribution in [0.15, 0.2) is 139 Å². The fourth-order valence-corrected chi connectivity index (χ4v) is 7.39. The van der Waals surface area contributed by atoms with Crippen LogP contribution in [0.2, 0.25) is 0 Å². The van der Waals surface area contributed by atoms with E-state index in [9.17, 15) is 19.2 Å². The lowest BCUT2D eigenvalue weighted by Gasteiger charge is -2.26. The largest absolute Gasteiger partial charge is 0.488 e. The lowest BCUT2D eigenvalue weighted by Crippen LogP contribution is -2.37. The summed E-state index contributed by atoms with van der Waals surface area (Å²) in [5, 5.41) is 31.2. The first-order valence-electron chi connectivity index (χ1n) is 21.6. The maximum atomic E-state index is 13.4. The van der Waals surface area contributed by atoms with Gasteiger partial charge in [-0.1, -0.05) is 36.4 Å². The maximum Gasteiger partial charge on any atom is 0.488 e. The van der Waals surface area contributed by atoms with Gasteiger partial charge in [-0.3, -0.25) is 29.0 Å². The minimum atomic E-state index is -1.49. The third-order valence-corrected chi connectivity index (χ3v) is 11.2. The minimum absolute atomic E-state index is 0.00211. The number of amides is 4. The second-order valence-electron chi connectivity index (χ2n) is 16.2. The molecule has 18 heteroatoms. The summed E-state index contributed by atoms with van der Waals surface area (Å²) in [6.07, 6.45) is 10.6. The number of benzene rings is 2. The van der Waals surface area contributed by atoms with Gasteiger partial charge in [-0.2, -0.15) is 10.2 Å². The summed E-state index contributed by atoms with van der Waals surface area (Å²) in [6, 6.07) is 28.2. The van der Waals surface area contributed by atoms with Gasteiger partial charge in [-0.15, -0.1) is 0 Å². The Labute approximate surface area is 403 Å². The number of carbonyl (C=O) groups excluding carboxylic acids is 4. The van der Waals surface area contributed by atoms with Gasteiger partial charge in [0, 0.05) is 78.8 Å². The molecule has 6 aromatic heterocycles. The van der Waals surface area contributed by atoms with Crippen LogP contribution >= 0.6 is 15.9 Å². The van der Waals surface area contributed by atoms with Crippen LogP contribution in [0.5, 0.6) is 0 Å². The van der Waals surface area contributed by atoms with E-state index in [-0.39, 0.29) is 35.7 Å². The van der Waals surface area contributed by atoms with E-state index in [0.717, 1.165) is 37.8 Å². The van der Waals surface area contributed by atoms with Crippen molar-refractivity contribution >= 4 is 74.8 Å². The predicted molar refractivity (Wildman–Crippen MR) is 268 cm³/mol. The predicted octanol–water partition coefficient (Wildman–Crippen LogP) is 6.70. The van der Waals surface area contributed by atoms with Gasteiger partial charge in [-0.25, -0.2) is 19.0 Å². The van der Waals surface area contributed by atoms with Crippen LogP contribution in [0.1, 0.15) is 80.3 Å². The fourth-order valence-electron chi connectivity index (χ4n) is 7.01. The number of halogens is 1. The van der Waals surface area contributed by atoms with Crippen LogP contribution in [0.25, 0.3) is 22.2 Å². The molecular weight excluding hydrogens is 927 g/mol. The quantitative estimate of drug-likeness (QED) is 0.107. The summed E-state index contributed by atoms with van der Waals surface area (Å²) in [5.74, 6) is 0.742. The minimum Gasteiger partial charge on any atom is -0.423 e. The standard InChI is InChI=1S/C25H25N5O2.C17H17BrN4O.C8H10BNO3/c1-16(2)30(23-10-5-17(3)14-27-23)25(32)20-11-12-29-22(13-20)21(15-28-29)18-6-8-19(9-7-18)24(31)26-4;1-11(2)22(16-5-4-12(3)9-19-16)17(23)13-6-7-21-15(8-13)14(18)10-20-21;1-10-8(11)6-2-4-7(5-3-6)9(12)13/h5-16H,1-4H3,(H,26,31);4-11H,1-3H3;2-5,12-13H,1H3,(H,10,11). The van der Waals surface area contributed by atoms with Crippen LogP contribution in [-0.4, -0.2) is 96.2 Å². The SMILES string of the molecule is CNC(=O)c1ccc(-c2cnn3ccc(C(=O)N(c4ccc(C)cn4)C(C)C)cc23)cc1.CNC(=O)c1ccc(B(O)O)cc1.Cc1ccc(N(C(=O)c2ccn3ncc(Br)c3c2)C(C)C)nc1. The van der Waals surface area contributed by atoms with Crippen molar-refractivity contribution in [1.82, 2.24) is 39.8 Å². The van der Waals surface area contributed by atoms with Crippen LogP contribution < -0.4 is 25.9 Å². The van der Waals surface area contributed by atoms with Gasteiger partial charge in [0.05, 0.1) is 27.9 Å². The molecule has 2 aromatic carbocycles. The van der Waals surface area contributed by atoms with Gasteiger partial charge in [0.2, 0.25) is 0 Å². The highest BCUT2D eigenvalue weighted by atomic mass is 79.9. The Bertz CT molecular complexity index is 3030. The topological polar surface area (TPSA) is 200 Å². The first-order valence-corrected chi connectivity index (χ1v) is 22.4. The molecule has 0 aliphatic carbocycles. The molecule has 0 atom stereocenters. The van der Waals surface area contributed by atoms with Crippen molar-refractivity contribution in [2.75, 3.05) is 23.9 Å². The van der Waals surface area contributed by atoms with Crippen molar-refractivity contribution in [3.8, 4) is 11.1 Å². The van der Waals surface area contributed by atoms with E-state index in [2.05, 4.69) is 46.7 Å². The third-order valence-electron chi connectivity index (χ3n) is 10.6. The summed E-state index contributed by atoms with van der Waals surface area (Å²) < 4.78 is 4.32. The van der Waals surface area contributed by atoms with Crippen molar-refractivity contribution in [2.24, 2.45) is 0 Å². The summed E-state index contributed by atoms with van der Waals surface area (Å²) in [7, 11) is 1.66. The second-order valence-corrected chi connectivity index (χ2v) is 17.1. The Morgan fingerprint density at radius 1 is 0.588 bits per heavy atom. The highest BCUT2D eigenvalue weighted by Gasteiger charge is 2.24. The molecule has 68 heavy (non-hydrogen) atoms. The second kappa shape index (κ2) is 22.3. The van der Waals surface area contributed by atoms with E-state index in [1.807, 2.05) is 90.1 Å². The van der Waals surface area contributed by atoms with E-state index in [1.54, 1.807) is 87.3 Å². The molecule has 0 saturated carbocycles. The highest BCUT2D eigenvalue weighted by Crippen LogP contribution is 2.27. The Kier molecular flexibility index (Phi) is 16.4. The zero-order valence-corrected chi connectivity index (χ0v) is 40.5. The average Bonchev–Trinajstić information content (AvgIpc) is 3.95. The molecule has 0 bridgehead atoms. The Balaban J connectivity index is 0.000000184. The molecule has 0 unspecified atom stereocenters. The van der Waals surface area contributed by atoms with Gasteiger partial charge in [-0.05, 0) is 140 Å². The fraction of sp³-hybridized carbons (Fsp3) is 0.200. The summed E-state index contributed by atoms with van der Waals surface area (Å²) in [6.45, 7) is 11.8. The smallest absolute Gasteiger partial charge is 0.423 e. The Morgan fingerprint density at radius 3 is 1.46 bits per heavy atom. The number of aromatic nitrogens is 6. The molecule has 16 nitrogen and oxygen atoms in total. The number of carbonyl (C=O) groups is 4. The number of rotatable bonds is 10. The maximum absolute atomic E-state index is 13.4. The number of nitrogens with one attached hydrogen (secondary N) is 2. The number of aryl methyl sites for hydroxylation is 2. The summed E-state index contributed by atoms with van der Waals surface area (Å²) >= 11 is 3.45. The van der Waals surface area contributed by atoms with Gasteiger partial charge >= 0.3 is 7.12 Å². The van der Waals surface area contributed by atoms with Crippen molar-refractivity contribution in [1.29, 1.82) is 0 Å². The molecule has 0 radical (unpaired) electrons. The molecule has 0 fully saturated rings. The van der Waals surface area contributed by atoms with E-state index >= 15 is 0 Å². The molecule has 4 amide bonds. The number of hydrogen-bond acceptors (Lipinski definition) is 10. The summed E-state index contributed by atoms with van der Waals surface area (Å²) in [4.78, 5) is 61.6. The lowest BCUT2D eigenvalue weighted by atomic mass is 9.80. The van der Waals surface area contributed by atoms with Crippen molar-refractivity contribution in [2.45, 2.75) is 53.6 Å². The number of fused-ring (bicyclic) bond motifs is 2. The molecule has 0 spiro atoms. The Hall–Kier alpha value is -7.54. The summed E-state index contributed by atoms with van der Waals surface area (Å²) in [5.41, 5.74) is 8.17. The normalized spacial score (nSPS) is 10.8. The highest BCUT2D eigenvalue weighted by molar-refractivity contribution is 9.10. The number of hydrogen-bond donors (Lipinski definition) is 4. The van der Waals surface area contributed by atoms with E-state index in [4.69, 9.17) is 10.0 Å². The molecule has 8 rings (SSSR count). The van der Waals surface area contributed by atoms with Crippen molar-refractivity contribution < 1.29 is 29.2 Å². The molecule has 4 N–H and O–H groups in total. The molecule has 6 heterocycles. The first-order chi connectivity index (χ1) is 32.5. The molecule has 0 aliphatic rings. The molecule has 0 saturated heterocycles. The van der Waals surface area contributed by atoms with Crippen LogP contribution in [0, 0.1) is 13.8 Å². The molecule has 348 valence electrons. The number of pyridine rings is 4. The Morgan fingerprint density at radius 2 is 1.03 bits per heavy atom. The molecular formula is C50H52BBrN10O6. The van der Waals surface area contributed by atoms with Gasteiger partial charge < -0.3 is 20.7 Å². The zero-order chi connectivity index (χ0) is 49.2. The lowest BCUT2D eigenvalue weighted by molar-refractivity contribution is 0.0955. The van der Waals surface area contributed by atoms with Crippen LogP contribution in [-0.2, 0) is 0 Å². The first kappa shape index (κ1) is 49.9. The zero-order valence-electron chi connectivity index (χ0n) is 38.9. The van der Waals surface area contributed by atoms with Crippen LogP contribution in [0.3, 0.4) is 0 Å². The van der Waals surface area contributed by atoms with Gasteiger partial charge in [0.15, 0.2) is 0 Å².